The van der Waals surface area contributed by atoms with Crippen molar-refractivity contribution in [3.63, 3.8) is 0 Å². The van der Waals surface area contributed by atoms with E-state index < -0.39 is 9.84 Å². The van der Waals surface area contributed by atoms with Gasteiger partial charge in [-0.05, 0) is 35.4 Å². The van der Waals surface area contributed by atoms with Crippen molar-refractivity contribution in [2.45, 2.75) is 17.9 Å². The van der Waals surface area contributed by atoms with Gasteiger partial charge in [0.15, 0.2) is 9.84 Å². The van der Waals surface area contributed by atoms with Gasteiger partial charge in [0.2, 0.25) is 5.91 Å². The lowest BCUT2D eigenvalue weighted by Crippen LogP contribution is -2.24. The molecule has 116 valence electrons. The van der Waals surface area contributed by atoms with E-state index in [9.17, 15) is 17.6 Å². The first-order valence-electron chi connectivity index (χ1n) is 6.65. The second-order valence-electron chi connectivity index (χ2n) is 5.00. The number of sulfone groups is 1. The van der Waals surface area contributed by atoms with Crippen LogP contribution in [0.2, 0.25) is 0 Å². The molecule has 0 unspecified atom stereocenters. The molecular formula is C16H16FNO3S. The monoisotopic (exact) mass is 321 g/mol. The van der Waals surface area contributed by atoms with E-state index in [0.717, 1.165) is 17.4 Å². The number of carbonyl (C=O) groups excluding carboxylic acids is 1. The van der Waals surface area contributed by atoms with E-state index >= 15 is 0 Å². The second kappa shape index (κ2) is 6.70. The van der Waals surface area contributed by atoms with Crippen LogP contribution in [-0.4, -0.2) is 20.6 Å². The molecular weight excluding hydrogens is 305 g/mol. The first-order chi connectivity index (χ1) is 10.3. The maximum Gasteiger partial charge on any atom is 0.224 e. The van der Waals surface area contributed by atoms with E-state index in [1.54, 1.807) is 24.3 Å². The molecule has 0 aliphatic heterocycles. The third kappa shape index (κ3) is 4.66. The Balaban J connectivity index is 1.89. The molecule has 4 nitrogen and oxygen atoms in total. The van der Waals surface area contributed by atoms with E-state index in [1.165, 1.54) is 24.3 Å². The van der Waals surface area contributed by atoms with E-state index in [2.05, 4.69) is 5.32 Å². The zero-order chi connectivity index (χ0) is 16.2. The smallest absolute Gasteiger partial charge is 0.224 e. The minimum absolute atomic E-state index is 0.168. The van der Waals surface area contributed by atoms with Crippen LogP contribution in [0, 0.1) is 5.82 Å². The molecule has 0 radical (unpaired) electrons. The van der Waals surface area contributed by atoms with Crippen molar-refractivity contribution >= 4 is 15.7 Å². The molecule has 2 aromatic rings. The van der Waals surface area contributed by atoms with E-state index in [4.69, 9.17) is 0 Å². The van der Waals surface area contributed by atoms with Crippen LogP contribution >= 0.6 is 0 Å². The lowest BCUT2D eigenvalue weighted by Gasteiger charge is -2.06. The fourth-order valence-electron chi connectivity index (χ4n) is 1.91. The first-order valence-corrected chi connectivity index (χ1v) is 8.54. The molecule has 0 saturated heterocycles. The minimum Gasteiger partial charge on any atom is -0.352 e. The Kier molecular flexibility index (Phi) is 4.92. The molecule has 0 atom stereocenters. The van der Waals surface area contributed by atoms with Crippen LogP contribution in [0.15, 0.2) is 53.4 Å². The summed E-state index contributed by atoms with van der Waals surface area (Å²) in [5, 5.41) is 2.74. The quantitative estimate of drug-likeness (QED) is 0.917. The number of halogens is 1. The van der Waals surface area contributed by atoms with Gasteiger partial charge in [0.25, 0.3) is 0 Å². The first kappa shape index (κ1) is 16.2. The summed E-state index contributed by atoms with van der Waals surface area (Å²) in [6.07, 6.45) is 1.31. The van der Waals surface area contributed by atoms with Gasteiger partial charge in [-0.15, -0.1) is 0 Å². The van der Waals surface area contributed by atoms with Gasteiger partial charge < -0.3 is 5.32 Å². The third-order valence-electron chi connectivity index (χ3n) is 3.12. The maximum absolute atomic E-state index is 12.8. The molecule has 1 amide bonds. The van der Waals surface area contributed by atoms with Crippen LogP contribution in [0.5, 0.6) is 0 Å². The van der Waals surface area contributed by atoms with Crippen LogP contribution in [-0.2, 0) is 27.6 Å². The SMILES string of the molecule is CS(=O)(=O)c1ccc(CNC(=O)Cc2ccc(F)cc2)cc1. The summed E-state index contributed by atoms with van der Waals surface area (Å²) >= 11 is 0. The zero-order valence-electron chi connectivity index (χ0n) is 12.0. The highest BCUT2D eigenvalue weighted by molar-refractivity contribution is 7.90. The van der Waals surface area contributed by atoms with Gasteiger partial charge in [-0.2, -0.15) is 0 Å². The van der Waals surface area contributed by atoms with E-state index in [1.807, 2.05) is 0 Å². The number of carbonyl (C=O) groups is 1. The van der Waals surface area contributed by atoms with Crippen LogP contribution < -0.4 is 5.32 Å². The fourth-order valence-corrected chi connectivity index (χ4v) is 2.54. The van der Waals surface area contributed by atoms with Gasteiger partial charge in [0.1, 0.15) is 5.82 Å². The van der Waals surface area contributed by atoms with Gasteiger partial charge in [-0.3, -0.25) is 4.79 Å². The molecule has 0 bridgehead atoms. The Morgan fingerprint density at radius 2 is 1.55 bits per heavy atom. The van der Waals surface area contributed by atoms with Crippen molar-refractivity contribution in [1.82, 2.24) is 5.32 Å². The Labute approximate surface area is 128 Å². The predicted molar refractivity (Wildman–Crippen MR) is 81.5 cm³/mol. The number of nitrogens with one attached hydrogen (secondary N) is 1. The average Bonchev–Trinajstić information content (AvgIpc) is 2.47. The molecule has 0 aromatic heterocycles. The number of benzene rings is 2. The average molecular weight is 321 g/mol. The van der Waals surface area contributed by atoms with Crippen molar-refractivity contribution in [2.24, 2.45) is 0 Å². The molecule has 0 aliphatic rings. The van der Waals surface area contributed by atoms with Crippen LogP contribution in [0.3, 0.4) is 0 Å². The molecule has 6 heteroatoms. The fraction of sp³-hybridized carbons (Fsp3) is 0.188. The third-order valence-corrected chi connectivity index (χ3v) is 4.25. The standard InChI is InChI=1S/C16H16FNO3S/c1-22(20,21)15-8-4-13(5-9-15)11-18-16(19)10-12-2-6-14(17)7-3-12/h2-9H,10-11H2,1H3,(H,18,19). The second-order valence-corrected chi connectivity index (χ2v) is 7.01. The van der Waals surface area contributed by atoms with Gasteiger partial charge in [-0.25, -0.2) is 12.8 Å². The number of rotatable bonds is 5. The molecule has 2 aromatic carbocycles. The lowest BCUT2D eigenvalue weighted by molar-refractivity contribution is -0.120. The van der Waals surface area contributed by atoms with Crippen molar-refractivity contribution in [1.29, 1.82) is 0 Å². The minimum atomic E-state index is -3.21. The Hall–Kier alpha value is -2.21. The summed E-state index contributed by atoms with van der Waals surface area (Å²) in [5.41, 5.74) is 1.53. The highest BCUT2D eigenvalue weighted by Gasteiger charge is 2.07. The number of amides is 1. The van der Waals surface area contributed by atoms with Crippen molar-refractivity contribution in [3.8, 4) is 0 Å². The van der Waals surface area contributed by atoms with Crippen LogP contribution in [0.4, 0.5) is 4.39 Å². The number of hydrogen-bond donors (Lipinski definition) is 1. The van der Waals surface area contributed by atoms with Crippen LogP contribution in [0.25, 0.3) is 0 Å². The van der Waals surface area contributed by atoms with Gasteiger partial charge >= 0.3 is 0 Å². The molecule has 2 rings (SSSR count). The summed E-state index contributed by atoms with van der Waals surface area (Å²) in [5.74, 6) is -0.520. The van der Waals surface area contributed by atoms with E-state index in [0.29, 0.717) is 6.54 Å². The number of hydrogen-bond acceptors (Lipinski definition) is 3. The lowest BCUT2D eigenvalue weighted by atomic mass is 10.1. The highest BCUT2D eigenvalue weighted by Crippen LogP contribution is 2.10. The molecule has 0 spiro atoms. The van der Waals surface area contributed by atoms with Crippen molar-refractivity contribution in [2.75, 3.05) is 6.26 Å². The summed E-state index contributed by atoms with van der Waals surface area (Å²) < 4.78 is 35.4. The predicted octanol–water partition coefficient (Wildman–Crippen LogP) is 2.09. The summed E-state index contributed by atoms with van der Waals surface area (Å²) in [7, 11) is -3.21. The Morgan fingerprint density at radius 1 is 1.00 bits per heavy atom. The molecule has 0 fully saturated rings. The van der Waals surface area contributed by atoms with Gasteiger partial charge in [0.05, 0.1) is 11.3 Å². The highest BCUT2D eigenvalue weighted by atomic mass is 32.2. The van der Waals surface area contributed by atoms with Gasteiger partial charge in [0, 0.05) is 12.8 Å². The maximum atomic E-state index is 12.8. The van der Waals surface area contributed by atoms with Crippen molar-refractivity contribution in [3.05, 3.63) is 65.5 Å². The normalized spacial score (nSPS) is 11.2. The molecule has 0 aliphatic carbocycles. The largest absolute Gasteiger partial charge is 0.352 e. The zero-order valence-corrected chi connectivity index (χ0v) is 12.9. The molecule has 22 heavy (non-hydrogen) atoms. The van der Waals surface area contributed by atoms with Crippen molar-refractivity contribution < 1.29 is 17.6 Å². The van der Waals surface area contributed by atoms with Gasteiger partial charge in [-0.1, -0.05) is 24.3 Å². The Bertz CT molecular complexity index is 753. The molecule has 0 heterocycles. The molecule has 1 N–H and O–H groups in total. The Morgan fingerprint density at radius 3 is 2.09 bits per heavy atom. The summed E-state index contributed by atoms with van der Waals surface area (Å²) in [6.45, 7) is 0.310. The topological polar surface area (TPSA) is 63.2 Å². The molecule has 0 saturated carbocycles. The van der Waals surface area contributed by atoms with Crippen LogP contribution in [0.1, 0.15) is 11.1 Å². The van der Waals surface area contributed by atoms with E-state index in [-0.39, 0.29) is 23.0 Å². The summed E-state index contributed by atoms with van der Waals surface area (Å²) in [4.78, 5) is 12.0. The summed E-state index contributed by atoms with van der Waals surface area (Å²) in [6, 6.07) is 12.1.